The van der Waals surface area contributed by atoms with Crippen molar-refractivity contribution in [2.75, 3.05) is 33.2 Å². The second-order valence-corrected chi connectivity index (χ2v) is 6.46. The van der Waals surface area contributed by atoms with Crippen LogP contribution in [0, 0.1) is 5.92 Å². The summed E-state index contributed by atoms with van der Waals surface area (Å²) in [6.45, 7) is 5.32. The first-order chi connectivity index (χ1) is 10.6. The molecule has 1 aromatic rings. The molecule has 4 nitrogen and oxygen atoms in total. The first-order valence-electron chi connectivity index (χ1n) is 8.30. The smallest absolute Gasteiger partial charge is 0.303 e. The summed E-state index contributed by atoms with van der Waals surface area (Å²) < 4.78 is 0. The van der Waals surface area contributed by atoms with Crippen molar-refractivity contribution in [3.05, 3.63) is 35.9 Å². The molecule has 0 bridgehead atoms. The topological polar surface area (TPSA) is 43.8 Å². The number of carboxylic acids is 1. The normalized spacial score (nSPS) is 17.0. The van der Waals surface area contributed by atoms with Gasteiger partial charge in [-0.2, -0.15) is 0 Å². The van der Waals surface area contributed by atoms with Gasteiger partial charge in [-0.3, -0.25) is 4.79 Å². The molecule has 1 aromatic carbocycles. The first-order valence-corrected chi connectivity index (χ1v) is 8.30. The molecule has 0 spiro atoms. The molecule has 0 aliphatic carbocycles. The summed E-state index contributed by atoms with van der Waals surface area (Å²) in [6, 6.07) is 10.6. The summed E-state index contributed by atoms with van der Waals surface area (Å²) in [4.78, 5) is 15.4. The van der Waals surface area contributed by atoms with E-state index in [-0.39, 0.29) is 0 Å². The number of nitrogens with zero attached hydrogens (tertiary/aromatic N) is 2. The van der Waals surface area contributed by atoms with Crippen LogP contribution in [-0.4, -0.2) is 54.1 Å². The zero-order valence-corrected chi connectivity index (χ0v) is 13.6. The molecular formula is C18H28N2O2. The molecular weight excluding hydrogens is 276 g/mol. The number of hydrogen-bond donors (Lipinski definition) is 1. The first kappa shape index (κ1) is 17.0. The summed E-state index contributed by atoms with van der Waals surface area (Å²) >= 11 is 0. The summed E-state index contributed by atoms with van der Waals surface area (Å²) in [7, 11) is 2.20. The van der Waals surface area contributed by atoms with E-state index in [4.69, 9.17) is 5.11 Å². The lowest BCUT2D eigenvalue weighted by atomic mass is 9.96. The molecule has 2 rings (SSSR count). The molecule has 1 aliphatic rings. The molecule has 1 fully saturated rings. The van der Waals surface area contributed by atoms with E-state index in [2.05, 4.69) is 47.2 Å². The van der Waals surface area contributed by atoms with Gasteiger partial charge < -0.3 is 14.9 Å². The zero-order valence-electron chi connectivity index (χ0n) is 13.6. The van der Waals surface area contributed by atoms with E-state index in [1.54, 1.807) is 0 Å². The Balaban J connectivity index is 1.63. The van der Waals surface area contributed by atoms with Crippen molar-refractivity contribution in [3.8, 4) is 0 Å². The van der Waals surface area contributed by atoms with Gasteiger partial charge in [-0.05, 0) is 57.4 Å². The highest BCUT2D eigenvalue weighted by Crippen LogP contribution is 2.19. The fourth-order valence-corrected chi connectivity index (χ4v) is 3.25. The maximum Gasteiger partial charge on any atom is 0.303 e. The Bertz CT molecular complexity index is 442. The predicted molar refractivity (Wildman–Crippen MR) is 88.8 cm³/mol. The van der Waals surface area contributed by atoms with E-state index in [0.717, 1.165) is 45.1 Å². The molecule has 0 atom stereocenters. The van der Waals surface area contributed by atoms with E-state index in [1.807, 2.05) is 0 Å². The maximum absolute atomic E-state index is 10.5. The van der Waals surface area contributed by atoms with Gasteiger partial charge >= 0.3 is 5.97 Å². The van der Waals surface area contributed by atoms with E-state index < -0.39 is 5.97 Å². The third-order valence-electron chi connectivity index (χ3n) is 4.44. The lowest BCUT2D eigenvalue weighted by molar-refractivity contribution is -0.137. The van der Waals surface area contributed by atoms with Crippen molar-refractivity contribution in [1.29, 1.82) is 0 Å². The van der Waals surface area contributed by atoms with Crippen LogP contribution in [0.2, 0.25) is 0 Å². The third-order valence-corrected chi connectivity index (χ3v) is 4.44. The Hall–Kier alpha value is -1.39. The third kappa shape index (κ3) is 6.16. The number of piperidine rings is 1. The number of hydrogen-bond acceptors (Lipinski definition) is 3. The standard InChI is InChI=1S/C18H28N2O2/c1-19(14-16-6-3-2-4-7-16)15-17-9-12-20(13-10-17)11-5-8-18(21)22/h2-4,6-7,17H,5,8-15H2,1H3,(H,21,22). The van der Waals surface area contributed by atoms with Crippen LogP contribution in [0.25, 0.3) is 0 Å². The Morgan fingerprint density at radius 3 is 2.59 bits per heavy atom. The minimum absolute atomic E-state index is 0.291. The fourth-order valence-electron chi connectivity index (χ4n) is 3.25. The van der Waals surface area contributed by atoms with Gasteiger partial charge in [0.25, 0.3) is 0 Å². The number of benzene rings is 1. The van der Waals surface area contributed by atoms with Gasteiger partial charge in [0, 0.05) is 19.5 Å². The van der Waals surface area contributed by atoms with Gasteiger partial charge in [-0.15, -0.1) is 0 Å². The quantitative estimate of drug-likeness (QED) is 0.802. The van der Waals surface area contributed by atoms with E-state index >= 15 is 0 Å². The molecule has 22 heavy (non-hydrogen) atoms. The Morgan fingerprint density at radius 1 is 1.27 bits per heavy atom. The molecule has 0 amide bonds. The van der Waals surface area contributed by atoms with Gasteiger partial charge in [0.1, 0.15) is 0 Å². The summed E-state index contributed by atoms with van der Waals surface area (Å²) in [5.74, 6) is 0.0851. The van der Waals surface area contributed by atoms with Gasteiger partial charge in [0.2, 0.25) is 0 Å². The second-order valence-electron chi connectivity index (χ2n) is 6.46. The van der Waals surface area contributed by atoms with Crippen molar-refractivity contribution >= 4 is 5.97 Å². The van der Waals surface area contributed by atoms with Gasteiger partial charge in [0.15, 0.2) is 0 Å². The molecule has 0 radical (unpaired) electrons. The van der Waals surface area contributed by atoms with Crippen molar-refractivity contribution in [3.63, 3.8) is 0 Å². The number of aliphatic carboxylic acids is 1. The van der Waals surface area contributed by atoms with Crippen molar-refractivity contribution < 1.29 is 9.90 Å². The largest absolute Gasteiger partial charge is 0.481 e. The SMILES string of the molecule is CN(Cc1ccccc1)CC1CCN(CCCC(=O)O)CC1. The average Bonchev–Trinajstić information content (AvgIpc) is 2.49. The van der Waals surface area contributed by atoms with Crippen LogP contribution in [0.5, 0.6) is 0 Å². The van der Waals surface area contributed by atoms with Crippen LogP contribution in [0.4, 0.5) is 0 Å². The minimum Gasteiger partial charge on any atom is -0.481 e. The van der Waals surface area contributed by atoms with Crippen molar-refractivity contribution in [2.24, 2.45) is 5.92 Å². The van der Waals surface area contributed by atoms with Crippen LogP contribution in [0.1, 0.15) is 31.2 Å². The van der Waals surface area contributed by atoms with Crippen LogP contribution in [0.3, 0.4) is 0 Å². The molecule has 4 heteroatoms. The summed E-state index contributed by atoms with van der Waals surface area (Å²) in [6.07, 6.45) is 3.52. The van der Waals surface area contributed by atoms with E-state index in [1.165, 1.54) is 18.4 Å². The van der Waals surface area contributed by atoms with E-state index in [0.29, 0.717) is 6.42 Å². The maximum atomic E-state index is 10.5. The predicted octanol–water partition coefficient (Wildman–Crippen LogP) is 2.70. The molecule has 0 saturated carbocycles. The average molecular weight is 304 g/mol. The lowest BCUT2D eigenvalue weighted by Gasteiger charge is -2.33. The molecule has 1 aliphatic heterocycles. The van der Waals surface area contributed by atoms with Gasteiger partial charge in [-0.1, -0.05) is 30.3 Å². The van der Waals surface area contributed by atoms with Crippen molar-refractivity contribution in [2.45, 2.75) is 32.2 Å². The molecule has 1 N–H and O–H groups in total. The molecule has 0 aromatic heterocycles. The molecule has 122 valence electrons. The molecule has 1 saturated heterocycles. The van der Waals surface area contributed by atoms with Crippen LogP contribution in [0.15, 0.2) is 30.3 Å². The van der Waals surface area contributed by atoms with Crippen LogP contribution in [-0.2, 0) is 11.3 Å². The van der Waals surface area contributed by atoms with Crippen LogP contribution >= 0.6 is 0 Å². The van der Waals surface area contributed by atoms with Crippen molar-refractivity contribution in [1.82, 2.24) is 9.80 Å². The van der Waals surface area contributed by atoms with Gasteiger partial charge in [0.05, 0.1) is 0 Å². The zero-order chi connectivity index (χ0) is 15.8. The van der Waals surface area contributed by atoms with Gasteiger partial charge in [-0.25, -0.2) is 0 Å². The molecule has 1 heterocycles. The molecule has 0 unspecified atom stereocenters. The lowest BCUT2D eigenvalue weighted by Crippen LogP contribution is -2.38. The second kappa shape index (κ2) is 8.91. The van der Waals surface area contributed by atoms with Crippen LogP contribution < -0.4 is 0 Å². The van der Waals surface area contributed by atoms with E-state index in [9.17, 15) is 4.79 Å². The highest BCUT2D eigenvalue weighted by Gasteiger charge is 2.20. The Labute approximate surface area is 133 Å². The Kier molecular flexibility index (Phi) is 6.87. The Morgan fingerprint density at radius 2 is 1.95 bits per heavy atom. The number of likely N-dealkylation sites (tertiary alicyclic amines) is 1. The number of rotatable bonds is 8. The fraction of sp³-hybridized carbons (Fsp3) is 0.611. The number of carboxylic acid groups (broad SMARTS) is 1. The minimum atomic E-state index is -0.683. The highest BCUT2D eigenvalue weighted by molar-refractivity contribution is 5.66. The summed E-state index contributed by atoms with van der Waals surface area (Å²) in [5.41, 5.74) is 1.37. The number of carbonyl (C=O) groups is 1. The highest BCUT2D eigenvalue weighted by atomic mass is 16.4. The monoisotopic (exact) mass is 304 g/mol. The summed E-state index contributed by atoms with van der Waals surface area (Å²) in [5, 5.41) is 8.68.